The van der Waals surface area contributed by atoms with Gasteiger partial charge in [0.15, 0.2) is 0 Å². The van der Waals surface area contributed by atoms with Crippen molar-refractivity contribution in [1.29, 1.82) is 0 Å². The van der Waals surface area contributed by atoms with E-state index in [4.69, 9.17) is 5.11 Å². The molecule has 2 heterocycles. The minimum Gasteiger partial charge on any atom is -0.395 e. The summed E-state index contributed by atoms with van der Waals surface area (Å²) in [6.07, 6.45) is 6.42. The van der Waals surface area contributed by atoms with Crippen LogP contribution in [0.2, 0.25) is 0 Å². The van der Waals surface area contributed by atoms with Crippen molar-refractivity contribution in [3.05, 3.63) is 12.2 Å². The molecule has 1 unspecified atom stereocenters. The van der Waals surface area contributed by atoms with E-state index >= 15 is 0 Å². The molecule has 0 aliphatic carbocycles. The Morgan fingerprint density at radius 2 is 2.38 bits per heavy atom. The largest absolute Gasteiger partial charge is 0.395 e. The fourth-order valence-electron chi connectivity index (χ4n) is 2.29. The van der Waals surface area contributed by atoms with Crippen molar-refractivity contribution >= 4 is 0 Å². The van der Waals surface area contributed by atoms with E-state index in [9.17, 15) is 0 Å². The van der Waals surface area contributed by atoms with Crippen LogP contribution in [-0.4, -0.2) is 39.6 Å². The maximum absolute atomic E-state index is 8.93. The topological polar surface area (TPSA) is 63.0 Å². The number of aliphatic hydroxyl groups is 1. The van der Waals surface area contributed by atoms with Gasteiger partial charge in [0.1, 0.15) is 12.2 Å². The van der Waals surface area contributed by atoms with Crippen LogP contribution >= 0.6 is 0 Å². The Morgan fingerprint density at radius 1 is 1.44 bits per heavy atom. The van der Waals surface area contributed by atoms with Crippen molar-refractivity contribution in [2.75, 3.05) is 19.7 Å². The smallest absolute Gasteiger partial charge is 0.133 e. The maximum Gasteiger partial charge on any atom is 0.133 e. The lowest BCUT2D eigenvalue weighted by Crippen LogP contribution is -2.15. The van der Waals surface area contributed by atoms with Crippen molar-refractivity contribution < 1.29 is 5.11 Å². The summed E-state index contributed by atoms with van der Waals surface area (Å²) in [5, 5.41) is 20.4. The number of aromatic nitrogens is 3. The fourth-order valence-corrected chi connectivity index (χ4v) is 2.29. The van der Waals surface area contributed by atoms with Gasteiger partial charge in [-0.25, -0.2) is 0 Å². The van der Waals surface area contributed by atoms with Crippen molar-refractivity contribution in [2.45, 2.75) is 32.2 Å². The van der Waals surface area contributed by atoms with E-state index in [0.29, 0.717) is 12.5 Å². The molecule has 2 N–H and O–H groups in total. The zero-order valence-corrected chi connectivity index (χ0v) is 9.60. The summed E-state index contributed by atoms with van der Waals surface area (Å²) >= 11 is 0. The molecule has 0 aromatic carbocycles. The van der Waals surface area contributed by atoms with Crippen LogP contribution in [0.4, 0.5) is 0 Å². The van der Waals surface area contributed by atoms with Crippen LogP contribution < -0.4 is 5.32 Å². The van der Waals surface area contributed by atoms with Crippen LogP contribution in [0.15, 0.2) is 6.33 Å². The molecule has 0 radical (unpaired) electrons. The van der Waals surface area contributed by atoms with E-state index in [1.54, 1.807) is 6.33 Å². The van der Waals surface area contributed by atoms with Crippen molar-refractivity contribution in [2.24, 2.45) is 5.92 Å². The van der Waals surface area contributed by atoms with Gasteiger partial charge < -0.3 is 15.0 Å². The van der Waals surface area contributed by atoms with Gasteiger partial charge in [0.05, 0.1) is 6.61 Å². The minimum absolute atomic E-state index is 0.150. The molecule has 5 heteroatoms. The molecule has 2 rings (SSSR count). The average molecular weight is 224 g/mol. The standard InChI is InChI=1S/C11H20N4O/c16-7-6-15-9-13-14-11(15)8-10-2-1-4-12-5-3-10/h9-10,12,16H,1-8H2. The van der Waals surface area contributed by atoms with Gasteiger partial charge in [-0.2, -0.15) is 0 Å². The highest BCUT2D eigenvalue weighted by Crippen LogP contribution is 2.17. The lowest BCUT2D eigenvalue weighted by atomic mass is 9.96. The second kappa shape index (κ2) is 5.96. The maximum atomic E-state index is 8.93. The van der Waals surface area contributed by atoms with Crippen LogP contribution in [0, 0.1) is 5.92 Å². The third-order valence-electron chi connectivity index (χ3n) is 3.20. The van der Waals surface area contributed by atoms with Crippen LogP contribution in [0.25, 0.3) is 0 Å². The molecule has 1 saturated heterocycles. The number of hydrogen-bond acceptors (Lipinski definition) is 4. The first-order chi connectivity index (χ1) is 7.90. The summed E-state index contributed by atoms with van der Waals surface area (Å²) < 4.78 is 1.96. The van der Waals surface area contributed by atoms with Gasteiger partial charge in [0.25, 0.3) is 0 Å². The molecule has 0 spiro atoms. The number of rotatable bonds is 4. The minimum atomic E-state index is 0.150. The summed E-state index contributed by atoms with van der Waals surface area (Å²) in [6, 6.07) is 0. The Morgan fingerprint density at radius 3 is 3.25 bits per heavy atom. The third-order valence-corrected chi connectivity index (χ3v) is 3.20. The first kappa shape index (κ1) is 11.5. The number of hydrogen-bond donors (Lipinski definition) is 2. The molecule has 90 valence electrons. The van der Waals surface area contributed by atoms with Crippen LogP contribution in [0.5, 0.6) is 0 Å². The zero-order valence-electron chi connectivity index (χ0n) is 9.60. The first-order valence-corrected chi connectivity index (χ1v) is 6.08. The van der Waals surface area contributed by atoms with E-state index in [1.165, 1.54) is 19.3 Å². The molecular formula is C11H20N4O. The molecule has 1 aliphatic heterocycles. The summed E-state index contributed by atoms with van der Waals surface area (Å²) in [5.41, 5.74) is 0. The molecule has 1 aromatic heterocycles. The number of nitrogens with one attached hydrogen (secondary N) is 1. The van der Waals surface area contributed by atoms with E-state index < -0.39 is 0 Å². The van der Waals surface area contributed by atoms with Gasteiger partial charge in [-0.3, -0.25) is 0 Å². The summed E-state index contributed by atoms with van der Waals surface area (Å²) in [4.78, 5) is 0. The van der Waals surface area contributed by atoms with Gasteiger partial charge >= 0.3 is 0 Å². The summed E-state index contributed by atoms with van der Waals surface area (Å²) in [6.45, 7) is 3.00. The monoisotopic (exact) mass is 224 g/mol. The second-order valence-corrected chi connectivity index (χ2v) is 4.42. The first-order valence-electron chi connectivity index (χ1n) is 6.08. The van der Waals surface area contributed by atoms with E-state index in [2.05, 4.69) is 15.5 Å². The molecule has 1 fully saturated rings. The Balaban J connectivity index is 1.93. The molecule has 16 heavy (non-hydrogen) atoms. The number of nitrogens with zero attached hydrogens (tertiary/aromatic N) is 3. The second-order valence-electron chi connectivity index (χ2n) is 4.42. The van der Waals surface area contributed by atoms with E-state index in [-0.39, 0.29) is 6.61 Å². The van der Waals surface area contributed by atoms with Crippen molar-refractivity contribution in [3.63, 3.8) is 0 Å². The Labute approximate surface area is 95.9 Å². The molecular weight excluding hydrogens is 204 g/mol. The van der Waals surface area contributed by atoms with Crippen LogP contribution in [0.3, 0.4) is 0 Å². The lowest BCUT2D eigenvalue weighted by Gasteiger charge is -2.13. The van der Waals surface area contributed by atoms with Crippen molar-refractivity contribution in [3.8, 4) is 0 Å². The summed E-state index contributed by atoms with van der Waals surface area (Å²) in [7, 11) is 0. The van der Waals surface area contributed by atoms with Gasteiger partial charge in [-0.05, 0) is 38.3 Å². The highest BCUT2D eigenvalue weighted by Gasteiger charge is 2.15. The lowest BCUT2D eigenvalue weighted by molar-refractivity contribution is 0.272. The van der Waals surface area contributed by atoms with E-state index in [0.717, 1.165) is 25.3 Å². The third kappa shape index (κ3) is 3.02. The van der Waals surface area contributed by atoms with Gasteiger partial charge in [-0.15, -0.1) is 10.2 Å². The fraction of sp³-hybridized carbons (Fsp3) is 0.818. The summed E-state index contributed by atoms with van der Waals surface area (Å²) in [5.74, 6) is 1.72. The predicted octanol–water partition coefficient (Wildman–Crippen LogP) is 0.203. The normalized spacial score (nSPS) is 21.9. The predicted molar refractivity (Wildman–Crippen MR) is 61.0 cm³/mol. The highest BCUT2D eigenvalue weighted by molar-refractivity contribution is 4.89. The highest BCUT2D eigenvalue weighted by atomic mass is 16.3. The van der Waals surface area contributed by atoms with Gasteiger partial charge in [0.2, 0.25) is 0 Å². The molecule has 1 aliphatic rings. The quantitative estimate of drug-likeness (QED) is 0.767. The average Bonchev–Trinajstić information content (AvgIpc) is 2.56. The van der Waals surface area contributed by atoms with E-state index in [1.807, 2.05) is 4.57 Å². The number of aliphatic hydroxyl groups excluding tert-OH is 1. The SMILES string of the molecule is OCCn1cnnc1CC1CCCNCC1. The van der Waals surface area contributed by atoms with Gasteiger partial charge in [-0.1, -0.05) is 0 Å². The van der Waals surface area contributed by atoms with Crippen LogP contribution in [-0.2, 0) is 13.0 Å². The Hall–Kier alpha value is -0.940. The Bertz CT molecular complexity index is 305. The van der Waals surface area contributed by atoms with Crippen LogP contribution in [0.1, 0.15) is 25.1 Å². The molecule has 0 saturated carbocycles. The molecule has 1 atom stereocenters. The molecule has 0 bridgehead atoms. The molecule has 5 nitrogen and oxygen atoms in total. The molecule has 0 amide bonds. The zero-order chi connectivity index (χ0) is 11.2. The van der Waals surface area contributed by atoms with Gasteiger partial charge in [0, 0.05) is 13.0 Å². The molecule has 1 aromatic rings. The Kier molecular flexibility index (Phi) is 4.30. The van der Waals surface area contributed by atoms with Crippen molar-refractivity contribution in [1.82, 2.24) is 20.1 Å².